The Balaban J connectivity index is 1.69. The van der Waals surface area contributed by atoms with Crippen molar-refractivity contribution in [3.05, 3.63) is 71.0 Å². The second-order valence-electron chi connectivity index (χ2n) is 5.81. The van der Waals surface area contributed by atoms with Gasteiger partial charge < -0.3 is 14.5 Å². The van der Waals surface area contributed by atoms with Crippen molar-refractivity contribution < 1.29 is 13.9 Å². The highest BCUT2D eigenvalue weighted by Gasteiger charge is 2.13. The van der Waals surface area contributed by atoms with Crippen molar-refractivity contribution in [1.82, 2.24) is 5.32 Å². The standard InChI is InChI=1S/C20H18N2O3/c1-13(16-6-3-14(11-21)4-7-16)22-12-15-5-8-18-17(9-15)10-19(25-18)20(23)24-2/h3-10,13,22H,12H2,1-2H3. The van der Waals surface area contributed by atoms with Gasteiger partial charge in [0, 0.05) is 18.0 Å². The number of furan rings is 1. The fourth-order valence-corrected chi connectivity index (χ4v) is 2.64. The third-order valence-corrected chi connectivity index (χ3v) is 4.12. The van der Waals surface area contributed by atoms with Gasteiger partial charge in [-0.1, -0.05) is 18.2 Å². The Labute approximate surface area is 145 Å². The number of hydrogen-bond acceptors (Lipinski definition) is 5. The first-order valence-electron chi connectivity index (χ1n) is 7.95. The van der Waals surface area contributed by atoms with Crippen LogP contribution in [0.3, 0.4) is 0 Å². The average Bonchev–Trinajstić information content (AvgIpc) is 3.08. The van der Waals surface area contributed by atoms with E-state index in [1.165, 1.54) is 7.11 Å². The fraction of sp³-hybridized carbons (Fsp3) is 0.200. The Kier molecular flexibility index (Phi) is 4.82. The van der Waals surface area contributed by atoms with E-state index in [-0.39, 0.29) is 11.8 Å². The zero-order valence-electron chi connectivity index (χ0n) is 14.1. The summed E-state index contributed by atoms with van der Waals surface area (Å²) in [5, 5.41) is 13.2. The van der Waals surface area contributed by atoms with Gasteiger partial charge in [-0.15, -0.1) is 0 Å². The summed E-state index contributed by atoms with van der Waals surface area (Å²) in [6, 6.07) is 17.3. The van der Waals surface area contributed by atoms with E-state index < -0.39 is 5.97 Å². The third kappa shape index (κ3) is 3.70. The van der Waals surface area contributed by atoms with Gasteiger partial charge in [0.1, 0.15) is 5.58 Å². The number of nitrogens with one attached hydrogen (secondary N) is 1. The zero-order chi connectivity index (χ0) is 17.8. The first kappa shape index (κ1) is 16.7. The van der Waals surface area contributed by atoms with E-state index in [2.05, 4.69) is 23.0 Å². The van der Waals surface area contributed by atoms with Crippen LogP contribution in [0.4, 0.5) is 0 Å². The lowest BCUT2D eigenvalue weighted by Gasteiger charge is -2.14. The van der Waals surface area contributed by atoms with Crippen LogP contribution in [0.2, 0.25) is 0 Å². The normalized spacial score (nSPS) is 11.9. The zero-order valence-corrected chi connectivity index (χ0v) is 14.1. The Morgan fingerprint density at radius 3 is 2.68 bits per heavy atom. The molecule has 2 aromatic carbocycles. The summed E-state index contributed by atoms with van der Waals surface area (Å²) < 4.78 is 10.1. The SMILES string of the molecule is COC(=O)c1cc2cc(CNC(C)c3ccc(C#N)cc3)ccc2o1. The number of rotatable bonds is 5. The lowest BCUT2D eigenvalue weighted by Crippen LogP contribution is -2.17. The van der Waals surface area contributed by atoms with E-state index in [0.717, 1.165) is 16.5 Å². The Morgan fingerprint density at radius 1 is 1.24 bits per heavy atom. The van der Waals surface area contributed by atoms with Gasteiger partial charge in [0.15, 0.2) is 0 Å². The lowest BCUT2D eigenvalue weighted by atomic mass is 10.1. The molecule has 5 heteroatoms. The predicted molar refractivity (Wildman–Crippen MR) is 94.0 cm³/mol. The lowest BCUT2D eigenvalue weighted by molar-refractivity contribution is 0.0567. The summed E-state index contributed by atoms with van der Waals surface area (Å²) in [4.78, 5) is 11.5. The molecule has 0 saturated heterocycles. The van der Waals surface area contributed by atoms with Gasteiger partial charge >= 0.3 is 5.97 Å². The second-order valence-corrected chi connectivity index (χ2v) is 5.81. The number of esters is 1. The van der Waals surface area contributed by atoms with Crippen molar-refractivity contribution in [2.75, 3.05) is 7.11 Å². The first-order chi connectivity index (χ1) is 12.1. The monoisotopic (exact) mass is 334 g/mol. The molecular formula is C20H18N2O3. The molecule has 3 rings (SSSR count). The van der Waals surface area contributed by atoms with Crippen molar-refractivity contribution in [1.29, 1.82) is 5.26 Å². The number of hydrogen-bond donors (Lipinski definition) is 1. The van der Waals surface area contributed by atoms with Crippen LogP contribution in [0.15, 0.2) is 52.9 Å². The number of methoxy groups -OCH3 is 1. The number of nitriles is 1. The van der Waals surface area contributed by atoms with Crippen molar-refractivity contribution >= 4 is 16.9 Å². The summed E-state index contributed by atoms with van der Waals surface area (Å²) in [5.74, 6) is -0.279. The van der Waals surface area contributed by atoms with Gasteiger partial charge in [0.25, 0.3) is 0 Å². The molecule has 0 aliphatic rings. The average molecular weight is 334 g/mol. The van der Waals surface area contributed by atoms with E-state index in [4.69, 9.17) is 9.68 Å². The topological polar surface area (TPSA) is 75.3 Å². The van der Waals surface area contributed by atoms with E-state index in [1.807, 2.05) is 42.5 Å². The summed E-state index contributed by atoms with van der Waals surface area (Å²) in [5.41, 5.74) is 3.52. The van der Waals surface area contributed by atoms with Crippen LogP contribution in [-0.4, -0.2) is 13.1 Å². The summed E-state index contributed by atoms with van der Waals surface area (Å²) in [6.07, 6.45) is 0. The molecule has 3 aromatic rings. The van der Waals surface area contributed by atoms with Crippen LogP contribution in [0, 0.1) is 11.3 Å². The molecule has 0 amide bonds. The molecule has 1 N–H and O–H groups in total. The fourth-order valence-electron chi connectivity index (χ4n) is 2.64. The molecule has 1 heterocycles. The highest BCUT2D eigenvalue weighted by Crippen LogP contribution is 2.22. The molecule has 1 aromatic heterocycles. The van der Waals surface area contributed by atoms with Crippen LogP contribution in [0.5, 0.6) is 0 Å². The molecule has 0 aliphatic carbocycles. The molecule has 0 aliphatic heterocycles. The van der Waals surface area contributed by atoms with Gasteiger partial charge in [-0.3, -0.25) is 0 Å². The van der Waals surface area contributed by atoms with E-state index in [9.17, 15) is 4.79 Å². The smallest absolute Gasteiger partial charge is 0.373 e. The molecule has 0 fully saturated rings. The minimum atomic E-state index is -0.481. The summed E-state index contributed by atoms with van der Waals surface area (Å²) in [6.45, 7) is 2.75. The molecule has 1 atom stereocenters. The minimum Gasteiger partial charge on any atom is -0.463 e. The van der Waals surface area contributed by atoms with Crippen molar-refractivity contribution in [3.63, 3.8) is 0 Å². The van der Waals surface area contributed by atoms with Crippen LogP contribution < -0.4 is 5.32 Å². The van der Waals surface area contributed by atoms with Crippen LogP contribution in [0.1, 0.15) is 40.2 Å². The quantitative estimate of drug-likeness (QED) is 0.715. The molecule has 1 unspecified atom stereocenters. The highest BCUT2D eigenvalue weighted by atomic mass is 16.5. The van der Waals surface area contributed by atoms with Gasteiger partial charge in [-0.2, -0.15) is 5.26 Å². The predicted octanol–water partition coefficient (Wildman–Crippen LogP) is 3.94. The number of carbonyl (C=O) groups is 1. The molecule has 0 spiro atoms. The van der Waals surface area contributed by atoms with Gasteiger partial charge in [0.2, 0.25) is 5.76 Å². The number of carbonyl (C=O) groups excluding carboxylic acids is 1. The maximum absolute atomic E-state index is 11.5. The van der Waals surface area contributed by atoms with Crippen molar-refractivity contribution in [2.45, 2.75) is 19.5 Å². The van der Waals surface area contributed by atoms with Gasteiger partial charge in [0.05, 0.1) is 18.7 Å². The third-order valence-electron chi connectivity index (χ3n) is 4.12. The molecule has 0 radical (unpaired) electrons. The molecule has 5 nitrogen and oxygen atoms in total. The van der Waals surface area contributed by atoms with Crippen LogP contribution in [-0.2, 0) is 11.3 Å². The molecule has 0 bridgehead atoms. The largest absolute Gasteiger partial charge is 0.463 e. The first-order valence-corrected chi connectivity index (χ1v) is 7.95. The highest BCUT2D eigenvalue weighted by molar-refractivity contribution is 5.92. The number of nitrogens with zero attached hydrogens (tertiary/aromatic N) is 1. The molecule has 126 valence electrons. The number of ether oxygens (including phenoxy) is 1. The Hall–Kier alpha value is -3.10. The van der Waals surface area contributed by atoms with Gasteiger partial charge in [-0.25, -0.2) is 4.79 Å². The Bertz CT molecular complexity index is 936. The number of fused-ring (bicyclic) bond motifs is 1. The van der Waals surface area contributed by atoms with Crippen LogP contribution in [0.25, 0.3) is 11.0 Å². The van der Waals surface area contributed by atoms with E-state index in [1.54, 1.807) is 6.07 Å². The Morgan fingerprint density at radius 2 is 2.00 bits per heavy atom. The van der Waals surface area contributed by atoms with Crippen molar-refractivity contribution in [3.8, 4) is 6.07 Å². The maximum Gasteiger partial charge on any atom is 0.373 e. The molecule has 0 saturated carbocycles. The molecule has 25 heavy (non-hydrogen) atoms. The number of benzene rings is 2. The van der Waals surface area contributed by atoms with Crippen LogP contribution >= 0.6 is 0 Å². The summed E-state index contributed by atoms with van der Waals surface area (Å²) in [7, 11) is 1.33. The second kappa shape index (κ2) is 7.20. The minimum absolute atomic E-state index is 0.151. The van der Waals surface area contributed by atoms with Gasteiger partial charge in [-0.05, 0) is 48.4 Å². The van der Waals surface area contributed by atoms with E-state index >= 15 is 0 Å². The maximum atomic E-state index is 11.5. The van der Waals surface area contributed by atoms with E-state index in [0.29, 0.717) is 17.7 Å². The summed E-state index contributed by atoms with van der Waals surface area (Å²) >= 11 is 0. The molecular weight excluding hydrogens is 316 g/mol. The van der Waals surface area contributed by atoms with Crippen molar-refractivity contribution in [2.24, 2.45) is 0 Å².